The van der Waals surface area contributed by atoms with Crippen molar-refractivity contribution in [1.29, 1.82) is 0 Å². The minimum atomic E-state index is 0.00722. The number of thiophene rings is 1. The fourth-order valence-electron chi connectivity index (χ4n) is 0.974. The van der Waals surface area contributed by atoms with Crippen molar-refractivity contribution < 1.29 is 9.90 Å². The first-order valence-electron chi connectivity index (χ1n) is 4.33. The molecule has 0 aliphatic heterocycles. The molecule has 2 N–H and O–H groups in total. The minimum Gasteiger partial charge on any atom is -0.396 e. The van der Waals surface area contributed by atoms with Gasteiger partial charge in [0.15, 0.2) is 0 Å². The Morgan fingerprint density at radius 2 is 2.43 bits per heavy atom. The summed E-state index contributed by atoms with van der Waals surface area (Å²) in [6, 6.07) is 1.94. The van der Waals surface area contributed by atoms with Gasteiger partial charge in [-0.1, -0.05) is 0 Å². The summed E-state index contributed by atoms with van der Waals surface area (Å²) in [7, 11) is 0. The van der Waals surface area contributed by atoms with Gasteiger partial charge in [-0.2, -0.15) is 0 Å². The van der Waals surface area contributed by atoms with Gasteiger partial charge in [0.1, 0.15) is 0 Å². The summed E-state index contributed by atoms with van der Waals surface area (Å²) in [6.07, 6.45) is 1.03. The van der Waals surface area contributed by atoms with Gasteiger partial charge in [-0.3, -0.25) is 4.79 Å². The average molecular weight is 278 g/mol. The molecule has 0 bridgehead atoms. The molecule has 14 heavy (non-hydrogen) atoms. The number of aliphatic hydroxyl groups is 1. The molecular formula is C9H12BrNO2S. The minimum absolute atomic E-state index is 0.00722. The fraction of sp³-hybridized carbons (Fsp3) is 0.444. The lowest BCUT2D eigenvalue weighted by Gasteiger charge is -2.01. The SMILES string of the molecule is O=C(Cc1cc(Br)cs1)NCCCO. The number of carbonyl (C=O) groups excluding carboxylic acids is 1. The molecule has 0 radical (unpaired) electrons. The summed E-state index contributed by atoms with van der Waals surface area (Å²) in [6.45, 7) is 0.659. The van der Waals surface area contributed by atoms with Crippen molar-refractivity contribution in [3.05, 3.63) is 20.8 Å². The second-order valence-corrected chi connectivity index (χ2v) is 4.75. The van der Waals surface area contributed by atoms with Crippen LogP contribution < -0.4 is 5.32 Å². The van der Waals surface area contributed by atoms with Crippen LogP contribution in [-0.2, 0) is 11.2 Å². The lowest BCUT2D eigenvalue weighted by Crippen LogP contribution is -2.26. The number of hydrogen-bond acceptors (Lipinski definition) is 3. The molecule has 1 rings (SSSR count). The molecule has 0 fully saturated rings. The molecule has 78 valence electrons. The maximum absolute atomic E-state index is 11.3. The van der Waals surface area contributed by atoms with E-state index in [4.69, 9.17) is 5.11 Å². The topological polar surface area (TPSA) is 49.3 Å². The van der Waals surface area contributed by atoms with Crippen LogP contribution >= 0.6 is 27.3 Å². The highest BCUT2D eigenvalue weighted by Crippen LogP contribution is 2.19. The third kappa shape index (κ3) is 4.21. The maximum Gasteiger partial charge on any atom is 0.225 e. The van der Waals surface area contributed by atoms with Gasteiger partial charge in [0, 0.05) is 27.9 Å². The molecule has 0 saturated heterocycles. The van der Waals surface area contributed by atoms with Crippen molar-refractivity contribution in [2.24, 2.45) is 0 Å². The number of nitrogens with one attached hydrogen (secondary N) is 1. The van der Waals surface area contributed by atoms with E-state index in [0.717, 1.165) is 9.35 Å². The Hall–Kier alpha value is -0.390. The van der Waals surface area contributed by atoms with E-state index in [1.54, 1.807) is 11.3 Å². The predicted octanol–water partition coefficient (Wildman–Crippen LogP) is 1.55. The van der Waals surface area contributed by atoms with Crippen molar-refractivity contribution in [1.82, 2.24) is 5.32 Å². The van der Waals surface area contributed by atoms with Gasteiger partial charge < -0.3 is 10.4 Å². The smallest absolute Gasteiger partial charge is 0.225 e. The van der Waals surface area contributed by atoms with E-state index in [2.05, 4.69) is 21.2 Å². The van der Waals surface area contributed by atoms with Crippen molar-refractivity contribution in [2.75, 3.05) is 13.2 Å². The molecule has 0 unspecified atom stereocenters. The van der Waals surface area contributed by atoms with E-state index in [9.17, 15) is 4.79 Å². The van der Waals surface area contributed by atoms with Crippen LogP contribution in [0, 0.1) is 0 Å². The largest absolute Gasteiger partial charge is 0.396 e. The van der Waals surface area contributed by atoms with Crippen LogP contribution in [0.15, 0.2) is 15.9 Å². The number of hydrogen-bond donors (Lipinski definition) is 2. The molecule has 0 spiro atoms. The van der Waals surface area contributed by atoms with E-state index in [1.807, 2.05) is 11.4 Å². The van der Waals surface area contributed by atoms with Crippen LogP contribution in [0.4, 0.5) is 0 Å². The van der Waals surface area contributed by atoms with E-state index >= 15 is 0 Å². The Morgan fingerprint density at radius 1 is 1.64 bits per heavy atom. The predicted molar refractivity (Wildman–Crippen MR) is 60.4 cm³/mol. The van der Waals surface area contributed by atoms with E-state index in [1.165, 1.54) is 0 Å². The molecule has 3 nitrogen and oxygen atoms in total. The Morgan fingerprint density at radius 3 is 3.00 bits per heavy atom. The molecule has 1 aromatic rings. The summed E-state index contributed by atoms with van der Waals surface area (Å²) >= 11 is 4.89. The molecule has 1 heterocycles. The first kappa shape index (κ1) is 11.7. The maximum atomic E-state index is 11.3. The summed E-state index contributed by atoms with van der Waals surface area (Å²) in [4.78, 5) is 12.3. The molecule has 0 saturated carbocycles. The Labute approximate surface area is 95.3 Å². The van der Waals surface area contributed by atoms with Crippen molar-refractivity contribution in [3.63, 3.8) is 0 Å². The van der Waals surface area contributed by atoms with Gasteiger partial charge in [0.05, 0.1) is 6.42 Å². The first-order chi connectivity index (χ1) is 6.72. The van der Waals surface area contributed by atoms with Gasteiger partial charge in [-0.05, 0) is 28.4 Å². The second kappa shape index (κ2) is 6.16. The summed E-state index contributed by atoms with van der Waals surface area (Å²) in [5.74, 6) is 0.00722. The van der Waals surface area contributed by atoms with Crippen LogP contribution in [0.25, 0.3) is 0 Å². The third-order valence-electron chi connectivity index (χ3n) is 1.61. The zero-order valence-electron chi connectivity index (χ0n) is 7.62. The van der Waals surface area contributed by atoms with Crippen LogP contribution in [0.3, 0.4) is 0 Å². The van der Waals surface area contributed by atoms with Gasteiger partial charge >= 0.3 is 0 Å². The number of aliphatic hydroxyl groups excluding tert-OH is 1. The summed E-state index contributed by atoms with van der Waals surface area (Å²) in [5, 5.41) is 13.2. The van der Waals surface area contributed by atoms with Crippen molar-refractivity contribution in [2.45, 2.75) is 12.8 Å². The Bertz CT molecular complexity index is 301. The summed E-state index contributed by atoms with van der Waals surface area (Å²) < 4.78 is 1.01. The average Bonchev–Trinajstić information content (AvgIpc) is 2.52. The van der Waals surface area contributed by atoms with Crippen LogP contribution in [-0.4, -0.2) is 24.2 Å². The molecule has 1 aromatic heterocycles. The van der Waals surface area contributed by atoms with Gasteiger partial charge in [0.2, 0.25) is 5.91 Å². The Balaban J connectivity index is 2.27. The second-order valence-electron chi connectivity index (χ2n) is 2.84. The molecule has 0 aliphatic carbocycles. The van der Waals surface area contributed by atoms with Gasteiger partial charge in [0.25, 0.3) is 0 Å². The number of rotatable bonds is 5. The first-order valence-corrected chi connectivity index (χ1v) is 6.00. The number of carbonyl (C=O) groups is 1. The molecule has 1 amide bonds. The third-order valence-corrected chi connectivity index (χ3v) is 3.31. The monoisotopic (exact) mass is 277 g/mol. The van der Waals surface area contributed by atoms with E-state index in [0.29, 0.717) is 19.4 Å². The molecule has 0 aromatic carbocycles. The number of amides is 1. The van der Waals surface area contributed by atoms with Crippen LogP contribution in [0.5, 0.6) is 0 Å². The highest BCUT2D eigenvalue weighted by atomic mass is 79.9. The summed E-state index contributed by atoms with van der Waals surface area (Å²) in [5.41, 5.74) is 0. The lowest BCUT2D eigenvalue weighted by atomic mass is 10.3. The van der Waals surface area contributed by atoms with Crippen molar-refractivity contribution in [3.8, 4) is 0 Å². The van der Waals surface area contributed by atoms with Crippen LogP contribution in [0.1, 0.15) is 11.3 Å². The fourth-order valence-corrected chi connectivity index (χ4v) is 2.42. The zero-order valence-corrected chi connectivity index (χ0v) is 10.0. The molecule has 0 aliphatic rings. The van der Waals surface area contributed by atoms with Gasteiger partial charge in [-0.15, -0.1) is 11.3 Å². The molecular weight excluding hydrogens is 266 g/mol. The quantitative estimate of drug-likeness (QED) is 0.803. The van der Waals surface area contributed by atoms with Crippen molar-refractivity contribution >= 4 is 33.2 Å². The van der Waals surface area contributed by atoms with E-state index < -0.39 is 0 Å². The zero-order chi connectivity index (χ0) is 10.4. The molecule has 5 heteroatoms. The standard InChI is InChI=1S/C9H12BrNO2S/c10-7-4-8(14-6-7)5-9(13)11-2-1-3-12/h4,6,12H,1-3,5H2,(H,11,13). The highest BCUT2D eigenvalue weighted by molar-refractivity contribution is 9.10. The van der Waals surface area contributed by atoms with Gasteiger partial charge in [-0.25, -0.2) is 0 Å². The normalized spacial score (nSPS) is 10.1. The highest BCUT2D eigenvalue weighted by Gasteiger charge is 2.04. The lowest BCUT2D eigenvalue weighted by molar-refractivity contribution is -0.120. The molecule has 0 atom stereocenters. The van der Waals surface area contributed by atoms with Crippen LogP contribution in [0.2, 0.25) is 0 Å². The Kier molecular flexibility index (Phi) is 5.14. The van der Waals surface area contributed by atoms with E-state index in [-0.39, 0.29) is 12.5 Å². The number of halogens is 1.